The predicted molar refractivity (Wildman–Crippen MR) is 157 cm³/mol. The highest BCUT2D eigenvalue weighted by Crippen LogP contribution is 2.26. The van der Waals surface area contributed by atoms with Gasteiger partial charge in [-0.25, -0.2) is 14.8 Å². The molecule has 1 aliphatic heterocycles. The molecule has 1 unspecified atom stereocenters. The lowest BCUT2D eigenvalue weighted by atomic mass is 10.1. The van der Waals surface area contributed by atoms with Gasteiger partial charge in [0.2, 0.25) is 11.9 Å². The van der Waals surface area contributed by atoms with Crippen LogP contribution in [0.5, 0.6) is 5.75 Å². The van der Waals surface area contributed by atoms with Crippen LogP contribution in [0.1, 0.15) is 12.0 Å². The van der Waals surface area contributed by atoms with Crippen molar-refractivity contribution in [3.8, 4) is 11.7 Å². The molecular formula is C28H28Cl2N8O3. The topological polar surface area (TPSA) is 118 Å². The van der Waals surface area contributed by atoms with Gasteiger partial charge in [-0.1, -0.05) is 35.3 Å². The van der Waals surface area contributed by atoms with E-state index >= 15 is 0 Å². The van der Waals surface area contributed by atoms with Crippen molar-refractivity contribution in [1.82, 2.24) is 29.7 Å². The van der Waals surface area contributed by atoms with Crippen LogP contribution in [0.2, 0.25) is 10.0 Å². The number of aromatic nitrogens is 4. The fraction of sp³-hybridized carbons (Fsp3) is 0.250. The van der Waals surface area contributed by atoms with Crippen LogP contribution in [-0.4, -0.2) is 69.1 Å². The number of carbonyl (C=O) groups excluding carboxylic acids is 2. The third-order valence-corrected chi connectivity index (χ3v) is 7.38. The first-order chi connectivity index (χ1) is 19.9. The highest BCUT2D eigenvalue weighted by molar-refractivity contribution is 6.42. The van der Waals surface area contributed by atoms with Crippen LogP contribution in [0.4, 0.5) is 16.3 Å². The zero-order chi connectivity index (χ0) is 28.8. The van der Waals surface area contributed by atoms with E-state index in [1.54, 1.807) is 65.8 Å². The molecule has 0 bridgehead atoms. The average molecular weight is 595 g/mol. The molecular weight excluding hydrogens is 567 g/mol. The average Bonchev–Trinajstić information content (AvgIpc) is 3.53. The number of urea groups is 1. The second-order valence-corrected chi connectivity index (χ2v) is 10.2. The number of amides is 3. The smallest absolute Gasteiger partial charge is 0.321 e. The molecule has 0 saturated carbocycles. The summed E-state index contributed by atoms with van der Waals surface area (Å²) in [6.07, 6.45) is 6.84. The van der Waals surface area contributed by atoms with Crippen LogP contribution in [0.3, 0.4) is 0 Å². The van der Waals surface area contributed by atoms with Crippen LogP contribution in [0, 0.1) is 0 Å². The number of ether oxygens (including phenoxy) is 1. The number of benzene rings is 2. The Bertz CT molecular complexity index is 1520. The molecule has 212 valence electrons. The van der Waals surface area contributed by atoms with Crippen molar-refractivity contribution in [3.05, 3.63) is 89.1 Å². The summed E-state index contributed by atoms with van der Waals surface area (Å²) in [5, 5.41) is 6.60. The maximum Gasteiger partial charge on any atom is 0.321 e. The van der Waals surface area contributed by atoms with E-state index in [9.17, 15) is 9.59 Å². The molecule has 0 spiro atoms. The van der Waals surface area contributed by atoms with Gasteiger partial charge in [0.1, 0.15) is 17.9 Å². The number of methoxy groups -OCH3 is 1. The molecule has 2 N–H and O–H groups in total. The van der Waals surface area contributed by atoms with Gasteiger partial charge in [0.25, 0.3) is 0 Å². The lowest BCUT2D eigenvalue weighted by molar-refractivity contribution is -0.121. The first kappa shape index (κ1) is 28.2. The van der Waals surface area contributed by atoms with Crippen LogP contribution in [-0.2, 0) is 11.3 Å². The normalized spacial score (nSPS) is 15.0. The highest BCUT2D eigenvalue weighted by atomic mass is 35.5. The van der Waals surface area contributed by atoms with Crippen LogP contribution >= 0.6 is 23.2 Å². The van der Waals surface area contributed by atoms with Crippen molar-refractivity contribution >= 4 is 46.6 Å². The van der Waals surface area contributed by atoms with E-state index in [0.717, 1.165) is 11.3 Å². The van der Waals surface area contributed by atoms with Crippen molar-refractivity contribution < 1.29 is 14.3 Å². The van der Waals surface area contributed by atoms with E-state index in [4.69, 9.17) is 32.9 Å². The van der Waals surface area contributed by atoms with E-state index < -0.39 is 0 Å². The van der Waals surface area contributed by atoms with Crippen molar-refractivity contribution in [2.24, 2.45) is 0 Å². The number of carbonyl (C=O) groups is 2. The van der Waals surface area contributed by atoms with Crippen LogP contribution in [0.15, 0.2) is 73.4 Å². The third-order valence-electron chi connectivity index (χ3n) is 6.64. The lowest BCUT2D eigenvalue weighted by Crippen LogP contribution is -2.57. The standard InChI is InChI=1S/C28H28Cl2N8O3/c1-41-22-4-2-3-19(13-22)16-33-26(39)15-21-17-36(28(40)34-20-5-6-23(29)24(30)14-20)11-12-38(21)25-7-8-32-27(35-25)37-10-9-31-18-37/h2-10,13-14,18,21H,11-12,15-17H2,1H3,(H,33,39)(H,34,40). The summed E-state index contributed by atoms with van der Waals surface area (Å²) in [6.45, 7) is 1.52. The van der Waals surface area contributed by atoms with Gasteiger partial charge in [-0.2, -0.15) is 4.98 Å². The van der Waals surface area contributed by atoms with Gasteiger partial charge < -0.3 is 25.2 Å². The zero-order valence-electron chi connectivity index (χ0n) is 22.2. The van der Waals surface area contributed by atoms with Crippen molar-refractivity contribution in [1.29, 1.82) is 0 Å². The van der Waals surface area contributed by atoms with Gasteiger partial charge >= 0.3 is 6.03 Å². The van der Waals surface area contributed by atoms with Crippen molar-refractivity contribution in [3.63, 3.8) is 0 Å². The molecule has 0 aliphatic carbocycles. The lowest BCUT2D eigenvalue weighted by Gasteiger charge is -2.41. The zero-order valence-corrected chi connectivity index (χ0v) is 23.7. The second kappa shape index (κ2) is 12.9. The Morgan fingerprint density at radius 1 is 1.07 bits per heavy atom. The van der Waals surface area contributed by atoms with E-state index in [1.807, 2.05) is 29.2 Å². The van der Waals surface area contributed by atoms with E-state index in [-0.39, 0.29) is 24.4 Å². The molecule has 1 saturated heterocycles. The predicted octanol–water partition coefficient (Wildman–Crippen LogP) is 4.41. The number of halogens is 2. The molecule has 4 aromatic rings. The number of piperazine rings is 1. The SMILES string of the molecule is COc1cccc(CNC(=O)CC2CN(C(=O)Nc3ccc(Cl)c(Cl)c3)CCN2c2ccnc(-n3ccnc3)n2)c1. The maximum absolute atomic E-state index is 13.2. The minimum absolute atomic E-state index is 0.144. The fourth-order valence-electron chi connectivity index (χ4n) is 4.56. The number of hydrogen-bond donors (Lipinski definition) is 2. The monoisotopic (exact) mass is 594 g/mol. The largest absolute Gasteiger partial charge is 0.497 e. The molecule has 2 aromatic carbocycles. The number of nitrogens with zero attached hydrogens (tertiary/aromatic N) is 6. The Morgan fingerprint density at radius 2 is 1.95 bits per heavy atom. The Labute approximate surface area is 247 Å². The maximum atomic E-state index is 13.2. The van der Waals surface area contributed by atoms with E-state index in [2.05, 4.69) is 20.6 Å². The first-order valence-corrected chi connectivity index (χ1v) is 13.6. The Balaban J connectivity index is 1.32. The quantitative estimate of drug-likeness (QED) is 0.310. The summed E-state index contributed by atoms with van der Waals surface area (Å²) < 4.78 is 6.99. The van der Waals surface area contributed by atoms with E-state index in [0.29, 0.717) is 53.7 Å². The molecule has 1 atom stereocenters. The van der Waals surface area contributed by atoms with Gasteiger partial charge in [0.15, 0.2) is 0 Å². The molecule has 11 nitrogen and oxygen atoms in total. The van der Waals surface area contributed by atoms with Gasteiger partial charge in [0.05, 0.1) is 23.2 Å². The van der Waals surface area contributed by atoms with Gasteiger partial charge in [-0.3, -0.25) is 9.36 Å². The number of rotatable bonds is 8. The second-order valence-electron chi connectivity index (χ2n) is 9.37. The Hall–Kier alpha value is -4.35. The Kier molecular flexibility index (Phi) is 8.85. The fourth-order valence-corrected chi connectivity index (χ4v) is 4.86. The van der Waals surface area contributed by atoms with E-state index in [1.165, 1.54) is 0 Å². The molecule has 13 heteroatoms. The Morgan fingerprint density at radius 3 is 2.73 bits per heavy atom. The highest BCUT2D eigenvalue weighted by Gasteiger charge is 2.32. The summed E-state index contributed by atoms with van der Waals surface area (Å²) in [5.74, 6) is 1.68. The summed E-state index contributed by atoms with van der Waals surface area (Å²) in [6, 6.07) is 13.6. The molecule has 41 heavy (non-hydrogen) atoms. The van der Waals surface area contributed by atoms with Gasteiger partial charge in [0, 0.05) is 56.9 Å². The molecule has 1 fully saturated rings. The molecule has 5 rings (SSSR count). The summed E-state index contributed by atoms with van der Waals surface area (Å²) in [7, 11) is 1.60. The minimum atomic E-state index is -0.348. The third kappa shape index (κ3) is 7.05. The number of anilines is 2. The van der Waals surface area contributed by atoms with Crippen LogP contribution in [0.25, 0.3) is 5.95 Å². The van der Waals surface area contributed by atoms with Crippen molar-refractivity contribution in [2.75, 3.05) is 37.0 Å². The van der Waals surface area contributed by atoms with Gasteiger partial charge in [-0.05, 0) is 42.0 Å². The summed E-state index contributed by atoms with van der Waals surface area (Å²) in [5.41, 5.74) is 1.45. The summed E-state index contributed by atoms with van der Waals surface area (Å²) in [4.78, 5) is 43.2. The molecule has 3 amide bonds. The van der Waals surface area contributed by atoms with Gasteiger partial charge in [-0.15, -0.1) is 0 Å². The summed E-state index contributed by atoms with van der Waals surface area (Å²) >= 11 is 12.1. The molecule has 0 radical (unpaired) electrons. The van der Waals surface area contributed by atoms with Crippen LogP contribution < -0.4 is 20.3 Å². The molecule has 2 aromatic heterocycles. The minimum Gasteiger partial charge on any atom is -0.497 e. The molecule has 1 aliphatic rings. The molecule has 3 heterocycles. The number of hydrogen-bond acceptors (Lipinski definition) is 7. The number of nitrogens with one attached hydrogen (secondary N) is 2. The first-order valence-electron chi connectivity index (χ1n) is 12.9. The number of imidazole rings is 1. The van der Waals surface area contributed by atoms with Crippen molar-refractivity contribution in [2.45, 2.75) is 19.0 Å².